The second kappa shape index (κ2) is 5.77. The van der Waals surface area contributed by atoms with Crippen molar-refractivity contribution in [1.82, 2.24) is 4.98 Å². The van der Waals surface area contributed by atoms with Crippen molar-refractivity contribution in [3.63, 3.8) is 0 Å². The van der Waals surface area contributed by atoms with Gasteiger partial charge in [-0.2, -0.15) is 0 Å². The molecule has 0 radical (unpaired) electrons. The van der Waals surface area contributed by atoms with Crippen LogP contribution < -0.4 is 5.32 Å². The summed E-state index contributed by atoms with van der Waals surface area (Å²) in [5, 5.41) is 12.7. The molecule has 4 nitrogen and oxygen atoms in total. The average Bonchev–Trinajstić information content (AvgIpc) is 2.36. The number of halogens is 3. The van der Waals surface area contributed by atoms with Gasteiger partial charge in [-0.15, -0.1) is 0 Å². The number of aromatic nitrogens is 1. The number of hydrogen-bond acceptors (Lipinski definition) is 3. The van der Waals surface area contributed by atoms with E-state index in [0.29, 0.717) is 20.2 Å². The molecule has 0 atom stereocenters. The first-order valence-corrected chi connectivity index (χ1v) is 6.64. The van der Waals surface area contributed by atoms with Crippen molar-refractivity contribution < 1.29 is 9.90 Å². The molecule has 1 heterocycles. The molecule has 0 saturated heterocycles. The zero-order valence-electron chi connectivity index (χ0n) is 9.32. The molecular formula is C12H7BrCl2N2O2. The fourth-order valence-electron chi connectivity index (χ4n) is 1.43. The van der Waals surface area contributed by atoms with Gasteiger partial charge in [0.25, 0.3) is 0 Å². The first-order valence-electron chi connectivity index (χ1n) is 5.09. The van der Waals surface area contributed by atoms with Crippen LogP contribution in [0.15, 0.2) is 34.9 Å². The summed E-state index contributed by atoms with van der Waals surface area (Å²) in [4.78, 5) is 15.2. The Morgan fingerprint density at radius 3 is 2.79 bits per heavy atom. The monoisotopic (exact) mass is 360 g/mol. The fourth-order valence-corrected chi connectivity index (χ4v) is 2.11. The van der Waals surface area contributed by atoms with E-state index in [2.05, 4.69) is 26.2 Å². The van der Waals surface area contributed by atoms with E-state index in [1.165, 1.54) is 12.3 Å². The molecule has 2 rings (SSSR count). The highest BCUT2D eigenvalue weighted by atomic mass is 79.9. The van der Waals surface area contributed by atoms with E-state index in [1.807, 2.05) is 0 Å². The Morgan fingerprint density at radius 2 is 2.11 bits per heavy atom. The molecule has 0 amide bonds. The van der Waals surface area contributed by atoms with Crippen molar-refractivity contribution in [2.24, 2.45) is 0 Å². The molecular weight excluding hydrogens is 355 g/mol. The van der Waals surface area contributed by atoms with E-state index in [1.54, 1.807) is 18.2 Å². The maximum Gasteiger partial charge on any atom is 0.339 e. The summed E-state index contributed by atoms with van der Waals surface area (Å²) < 4.78 is 0.577. The van der Waals surface area contributed by atoms with Gasteiger partial charge in [-0.25, -0.2) is 9.78 Å². The molecule has 1 aromatic carbocycles. The molecule has 0 bridgehead atoms. The van der Waals surface area contributed by atoms with Crippen LogP contribution in [0, 0.1) is 0 Å². The van der Waals surface area contributed by atoms with E-state index in [0.717, 1.165) is 0 Å². The zero-order valence-corrected chi connectivity index (χ0v) is 12.4. The SMILES string of the molecule is O=C(O)c1cc(Br)cnc1Nc1cccc(Cl)c1Cl. The van der Waals surface area contributed by atoms with Crippen LogP contribution in [-0.2, 0) is 0 Å². The maximum absolute atomic E-state index is 11.2. The third-order valence-electron chi connectivity index (χ3n) is 2.29. The Hall–Kier alpha value is -1.30. The van der Waals surface area contributed by atoms with Gasteiger partial charge >= 0.3 is 5.97 Å². The van der Waals surface area contributed by atoms with Gasteiger partial charge in [-0.3, -0.25) is 0 Å². The third-order valence-corrected chi connectivity index (χ3v) is 3.54. The minimum Gasteiger partial charge on any atom is -0.478 e. The molecule has 0 aliphatic rings. The van der Waals surface area contributed by atoms with Crippen LogP contribution >= 0.6 is 39.1 Å². The highest BCUT2D eigenvalue weighted by Crippen LogP contribution is 2.32. The van der Waals surface area contributed by atoms with E-state index in [9.17, 15) is 4.79 Å². The molecule has 2 aromatic rings. The summed E-state index contributed by atoms with van der Waals surface area (Å²) in [5.74, 6) is -0.894. The first-order chi connectivity index (χ1) is 8.99. The highest BCUT2D eigenvalue weighted by molar-refractivity contribution is 9.10. The summed E-state index contributed by atoms with van der Waals surface area (Å²) in [6.07, 6.45) is 1.49. The second-order valence-corrected chi connectivity index (χ2v) is 5.28. The minimum atomic E-state index is -1.09. The maximum atomic E-state index is 11.2. The van der Waals surface area contributed by atoms with Crippen LogP contribution in [0.2, 0.25) is 10.0 Å². The Labute approximate surface area is 127 Å². The van der Waals surface area contributed by atoms with E-state index in [4.69, 9.17) is 28.3 Å². The summed E-state index contributed by atoms with van der Waals surface area (Å²) in [6, 6.07) is 6.48. The van der Waals surface area contributed by atoms with Gasteiger partial charge in [0.2, 0.25) is 0 Å². The van der Waals surface area contributed by atoms with Gasteiger partial charge in [0.05, 0.1) is 15.7 Å². The molecule has 0 fully saturated rings. The van der Waals surface area contributed by atoms with Gasteiger partial charge in [-0.1, -0.05) is 29.3 Å². The van der Waals surface area contributed by atoms with Crippen LogP contribution in [0.25, 0.3) is 0 Å². The van der Waals surface area contributed by atoms with E-state index in [-0.39, 0.29) is 11.4 Å². The number of pyridine rings is 1. The number of nitrogens with one attached hydrogen (secondary N) is 1. The van der Waals surface area contributed by atoms with Gasteiger partial charge in [0.1, 0.15) is 11.4 Å². The van der Waals surface area contributed by atoms with Crippen LogP contribution in [0.1, 0.15) is 10.4 Å². The molecule has 19 heavy (non-hydrogen) atoms. The number of carboxylic acids is 1. The summed E-state index contributed by atoms with van der Waals surface area (Å²) in [7, 11) is 0. The number of carboxylic acid groups (broad SMARTS) is 1. The Bertz CT molecular complexity index is 650. The lowest BCUT2D eigenvalue weighted by atomic mass is 10.2. The lowest BCUT2D eigenvalue weighted by molar-refractivity contribution is 0.0697. The van der Waals surface area contributed by atoms with Crippen molar-refractivity contribution in [2.75, 3.05) is 5.32 Å². The van der Waals surface area contributed by atoms with Crippen molar-refractivity contribution in [2.45, 2.75) is 0 Å². The predicted octanol–water partition coefficient (Wildman–Crippen LogP) is 4.59. The second-order valence-electron chi connectivity index (χ2n) is 3.58. The predicted molar refractivity (Wildman–Crippen MR) is 78.6 cm³/mol. The minimum absolute atomic E-state index is 0.0328. The first kappa shape index (κ1) is 14.1. The van der Waals surface area contributed by atoms with Crippen LogP contribution in [0.5, 0.6) is 0 Å². The average molecular weight is 362 g/mol. The van der Waals surface area contributed by atoms with Gasteiger partial charge in [0.15, 0.2) is 0 Å². The quantitative estimate of drug-likeness (QED) is 0.839. The summed E-state index contributed by atoms with van der Waals surface area (Å²) in [5.41, 5.74) is 0.525. The number of benzene rings is 1. The molecule has 0 aliphatic heterocycles. The topological polar surface area (TPSA) is 62.2 Å². The van der Waals surface area contributed by atoms with Crippen molar-refractivity contribution in [1.29, 1.82) is 0 Å². The molecule has 2 N–H and O–H groups in total. The smallest absolute Gasteiger partial charge is 0.339 e. The largest absolute Gasteiger partial charge is 0.478 e. The van der Waals surface area contributed by atoms with Crippen LogP contribution in [0.4, 0.5) is 11.5 Å². The number of rotatable bonds is 3. The molecule has 1 aromatic heterocycles. The standard InChI is InChI=1S/C12H7BrCl2N2O2/c13-6-4-7(12(18)19)11(16-5-6)17-9-3-1-2-8(14)10(9)15/h1-5H,(H,16,17)(H,18,19). The van der Waals surface area contributed by atoms with Crippen molar-refractivity contribution in [3.8, 4) is 0 Å². The lowest BCUT2D eigenvalue weighted by Crippen LogP contribution is -2.05. The number of hydrogen-bond donors (Lipinski definition) is 2. The van der Waals surface area contributed by atoms with Crippen LogP contribution in [-0.4, -0.2) is 16.1 Å². The lowest BCUT2D eigenvalue weighted by Gasteiger charge is -2.10. The van der Waals surface area contributed by atoms with Gasteiger partial charge in [0, 0.05) is 10.7 Å². The Morgan fingerprint density at radius 1 is 1.37 bits per heavy atom. The van der Waals surface area contributed by atoms with Crippen molar-refractivity contribution >= 4 is 56.6 Å². The van der Waals surface area contributed by atoms with Gasteiger partial charge in [-0.05, 0) is 34.1 Å². The molecule has 0 unspecified atom stereocenters. The normalized spacial score (nSPS) is 10.3. The van der Waals surface area contributed by atoms with E-state index < -0.39 is 5.97 Å². The van der Waals surface area contributed by atoms with Gasteiger partial charge < -0.3 is 10.4 Å². The van der Waals surface area contributed by atoms with Crippen molar-refractivity contribution in [3.05, 3.63) is 50.5 Å². The fraction of sp³-hybridized carbons (Fsp3) is 0. The summed E-state index contributed by atoms with van der Waals surface area (Å²) >= 11 is 15.1. The zero-order chi connectivity index (χ0) is 14.0. The highest BCUT2D eigenvalue weighted by Gasteiger charge is 2.14. The van der Waals surface area contributed by atoms with E-state index >= 15 is 0 Å². The Kier molecular flexibility index (Phi) is 4.29. The molecule has 7 heteroatoms. The molecule has 0 spiro atoms. The number of anilines is 2. The number of carbonyl (C=O) groups is 1. The third kappa shape index (κ3) is 3.18. The number of aromatic carboxylic acids is 1. The number of nitrogens with zero attached hydrogens (tertiary/aromatic N) is 1. The summed E-state index contributed by atoms with van der Waals surface area (Å²) in [6.45, 7) is 0. The molecule has 98 valence electrons. The molecule has 0 aliphatic carbocycles. The van der Waals surface area contributed by atoms with Crippen LogP contribution in [0.3, 0.4) is 0 Å². The Balaban J connectivity index is 2.44. The molecule has 0 saturated carbocycles.